The van der Waals surface area contributed by atoms with E-state index in [1.807, 2.05) is 4.52 Å². The van der Waals surface area contributed by atoms with Crippen molar-refractivity contribution >= 4 is 23.2 Å². The van der Waals surface area contributed by atoms with Gasteiger partial charge in [-0.25, -0.2) is 4.98 Å². The molecule has 2 fully saturated rings. The molecule has 2 bridgehead atoms. The van der Waals surface area contributed by atoms with E-state index in [1.54, 1.807) is 0 Å². The van der Waals surface area contributed by atoms with Crippen LogP contribution in [0, 0.1) is 13.8 Å². The Balaban J connectivity index is 1.47. The van der Waals surface area contributed by atoms with Gasteiger partial charge in [0.1, 0.15) is 11.6 Å². The summed E-state index contributed by atoms with van der Waals surface area (Å²) in [6.07, 6.45) is 9.78. The van der Waals surface area contributed by atoms with Crippen molar-refractivity contribution in [1.82, 2.24) is 19.5 Å². The topological polar surface area (TPSA) is 65.8 Å². The lowest BCUT2D eigenvalue weighted by Crippen LogP contribution is -2.39. The standard InChI is InChI=1S/C29H38N6O/c1-20-12-13-22-10-4-3-6-14-30-27-21(2)28(33-15-8-9-16-33)31-26-19-24(32-35(26)27)25-11-5-7-17-34(25)29(36)23(22)18-20/h12-13,18-19,25,30H,3-11,14-17H2,1-2H3. The van der Waals surface area contributed by atoms with Gasteiger partial charge in [-0.3, -0.25) is 4.79 Å². The van der Waals surface area contributed by atoms with Crippen LogP contribution in [0.2, 0.25) is 0 Å². The summed E-state index contributed by atoms with van der Waals surface area (Å²) in [6.45, 7) is 8.07. The first-order chi connectivity index (χ1) is 17.6. The SMILES string of the molecule is Cc1ccc2c(c1)C(=O)N1CCCCC1c1cc3nc(N4CCCC4)c(C)c(n3n1)NCCCCC2. The van der Waals surface area contributed by atoms with Crippen molar-refractivity contribution in [2.45, 2.75) is 77.7 Å². The number of hydrogen-bond acceptors (Lipinski definition) is 5. The predicted molar refractivity (Wildman–Crippen MR) is 144 cm³/mol. The van der Waals surface area contributed by atoms with E-state index in [0.29, 0.717) is 0 Å². The van der Waals surface area contributed by atoms with Crippen molar-refractivity contribution in [3.63, 3.8) is 0 Å². The zero-order valence-corrected chi connectivity index (χ0v) is 21.7. The van der Waals surface area contributed by atoms with Crippen LogP contribution in [0.5, 0.6) is 0 Å². The second-order valence-corrected chi connectivity index (χ2v) is 10.9. The molecular formula is C29H38N6O. The lowest BCUT2D eigenvalue weighted by atomic mass is 9.94. The normalized spacial score (nSPS) is 21.2. The highest BCUT2D eigenvalue weighted by atomic mass is 16.2. The summed E-state index contributed by atoms with van der Waals surface area (Å²) in [7, 11) is 0. The number of fused-ring (bicyclic) bond motifs is 4. The molecular weight excluding hydrogens is 448 g/mol. The van der Waals surface area contributed by atoms with Gasteiger partial charge in [0, 0.05) is 43.4 Å². The molecule has 1 amide bonds. The van der Waals surface area contributed by atoms with E-state index in [1.165, 1.54) is 24.0 Å². The van der Waals surface area contributed by atoms with Crippen molar-refractivity contribution in [2.75, 3.05) is 36.4 Å². The number of carbonyl (C=O) groups excluding carboxylic acids is 1. The Morgan fingerprint density at radius 3 is 2.64 bits per heavy atom. The maximum atomic E-state index is 14.0. The molecule has 0 aliphatic carbocycles. The van der Waals surface area contributed by atoms with E-state index >= 15 is 0 Å². The number of benzene rings is 1. The number of anilines is 2. The third kappa shape index (κ3) is 4.22. The highest BCUT2D eigenvalue weighted by molar-refractivity contribution is 5.96. The van der Waals surface area contributed by atoms with E-state index in [4.69, 9.17) is 10.1 Å². The van der Waals surface area contributed by atoms with Crippen LogP contribution in [-0.2, 0) is 6.42 Å². The van der Waals surface area contributed by atoms with Crippen molar-refractivity contribution in [2.24, 2.45) is 0 Å². The van der Waals surface area contributed by atoms with E-state index in [2.05, 4.69) is 53.2 Å². The van der Waals surface area contributed by atoms with E-state index in [0.717, 1.165) is 105 Å². The molecule has 2 aromatic heterocycles. The highest BCUT2D eigenvalue weighted by Crippen LogP contribution is 2.35. The predicted octanol–water partition coefficient (Wildman–Crippen LogP) is 5.45. The first-order valence-electron chi connectivity index (χ1n) is 13.9. The maximum absolute atomic E-state index is 14.0. The fourth-order valence-corrected chi connectivity index (χ4v) is 6.27. The van der Waals surface area contributed by atoms with E-state index < -0.39 is 0 Å². The molecule has 3 aliphatic heterocycles. The molecule has 190 valence electrons. The molecule has 0 radical (unpaired) electrons. The zero-order valence-electron chi connectivity index (χ0n) is 21.7. The van der Waals surface area contributed by atoms with Gasteiger partial charge in [-0.2, -0.15) is 9.61 Å². The molecule has 1 N–H and O–H groups in total. The van der Waals surface area contributed by atoms with Crippen LogP contribution in [0.4, 0.5) is 11.6 Å². The Labute approximate surface area is 213 Å². The molecule has 1 unspecified atom stereocenters. The first kappa shape index (κ1) is 23.3. The van der Waals surface area contributed by atoms with E-state index in [9.17, 15) is 4.79 Å². The highest BCUT2D eigenvalue weighted by Gasteiger charge is 2.32. The third-order valence-electron chi connectivity index (χ3n) is 8.25. The van der Waals surface area contributed by atoms with Gasteiger partial charge in [0.05, 0.1) is 11.7 Å². The van der Waals surface area contributed by atoms with Crippen molar-refractivity contribution < 1.29 is 4.79 Å². The number of hydrogen-bond donors (Lipinski definition) is 1. The zero-order chi connectivity index (χ0) is 24.6. The monoisotopic (exact) mass is 486 g/mol. The van der Waals surface area contributed by atoms with Gasteiger partial charge in [-0.15, -0.1) is 0 Å². The van der Waals surface area contributed by atoms with Crippen LogP contribution in [0.15, 0.2) is 24.3 Å². The quantitative estimate of drug-likeness (QED) is 0.495. The molecule has 1 atom stereocenters. The van der Waals surface area contributed by atoms with Crippen molar-refractivity contribution in [1.29, 1.82) is 0 Å². The summed E-state index contributed by atoms with van der Waals surface area (Å²) >= 11 is 0. The number of nitrogens with zero attached hydrogens (tertiary/aromatic N) is 5. The molecule has 6 rings (SSSR count). The summed E-state index contributed by atoms with van der Waals surface area (Å²) in [5.74, 6) is 2.29. The average molecular weight is 487 g/mol. The molecule has 3 aliphatic rings. The van der Waals surface area contributed by atoms with Gasteiger partial charge in [0.15, 0.2) is 5.65 Å². The van der Waals surface area contributed by atoms with Gasteiger partial charge in [0.25, 0.3) is 5.91 Å². The van der Waals surface area contributed by atoms with E-state index in [-0.39, 0.29) is 11.9 Å². The van der Waals surface area contributed by atoms with Gasteiger partial charge < -0.3 is 15.1 Å². The van der Waals surface area contributed by atoms with Gasteiger partial charge >= 0.3 is 0 Å². The number of aryl methyl sites for hydroxylation is 2. The van der Waals surface area contributed by atoms with Crippen molar-refractivity contribution in [3.8, 4) is 0 Å². The maximum Gasteiger partial charge on any atom is 0.254 e. The second-order valence-electron chi connectivity index (χ2n) is 10.9. The number of piperidine rings is 1. The molecule has 7 nitrogen and oxygen atoms in total. The molecule has 1 aromatic carbocycles. The number of aromatic nitrogens is 3. The van der Waals surface area contributed by atoms with Crippen LogP contribution < -0.4 is 10.2 Å². The minimum absolute atomic E-state index is 0.0187. The Hall–Kier alpha value is -3.09. The van der Waals surface area contributed by atoms with Gasteiger partial charge in [-0.05, 0) is 76.8 Å². The number of amides is 1. The Kier molecular flexibility index (Phi) is 6.32. The molecule has 7 heteroatoms. The second kappa shape index (κ2) is 9.75. The average Bonchev–Trinajstić information content (AvgIpc) is 3.57. The van der Waals surface area contributed by atoms with Gasteiger partial charge in [-0.1, -0.05) is 24.1 Å². The van der Waals surface area contributed by atoms with Crippen LogP contribution in [0.1, 0.15) is 90.2 Å². The van der Waals surface area contributed by atoms with Crippen molar-refractivity contribution in [3.05, 3.63) is 52.2 Å². The smallest absolute Gasteiger partial charge is 0.254 e. The number of rotatable bonds is 1. The minimum atomic E-state index is -0.0187. The molecule has 3 aromatic rings. The number of carbonyl (C=O) groups is 1. The van der Waals surface area contributed by atoms with Gasteiger partial charge in [0.2, 0.25) is 0 Å². The summed E-state index contributed by atoms with van der Waals surface area (Å²) in [4.78, 5) is 23.6. The molecule has 0 saturated carbocycles. The molecule has 36 heavy (non-hydrogen) atoms. The summed E-state index contributed by atoms with van der Waals surface area (Å²) < 4.78 is 2.00. The lowest BCUT2D eigenvalue weighted by Gasteiger charge is -2.35. The van der Waals surface area contributed by atoms with Crippen LogP contribution >= 0.6 is 0 Å². The lowest BCUT2D eigenvalue weighted by molar-refractivity contribution is 0.0604. The van der Waals surface area contributed by atoms with Crippen LogP contribution in [0.25, 0.3) is 5.65 Å². The third-order valence-corrected chi connectivity index (χ3v) is 8.25. The molecule has 2 saturated heterocycles. The Bertz CT molecular complexity index is 1270. The largest absolute Gasteiger partial charge is 0.370 e. The Morgan fingerprint density at radius 2 is 1.78 bits per heavy atom. The Morgan fingerprint density at radius 1 is 0.944 bits per heavy atom. The minimum Gasteiger partial charge on any atom is -0.370 e. The molecule has 0 spiro atoms. The summed E-state index contributed by atoms with van der Waals surface area (Å²) in [5, 5.41) is 8.83. The fraction of sp³-hybridized carbons (Fsp3) is 0.552. The summed E-state index contributed by atoms with van der Waals surface area (Å²) in [5.41, 5.74) is 6.21. The molecule has 5 heterocycles. The summed E-state index contributed by atoms with van der Waals surface area (Å²) in [6, 6.07) is 8.52. The first-order valence-corrected chi connectivity index (χ1v) is 13.9. The van der Waals surface area contributed by atoms with Crippen LogP contribution in [0.3, 0.4) is 0 Å². The number of nitrogens with one attached hydrogen (secondary N) is 1. The fourth-order valence-electron chi connectivity index (χ4n) is 6.27. The van der Waals surface area contributed by atoms with Crippen LogP contribution in [-0.4, -0.2) is 51.6 Å².